The topological polar surface area (TPSA) is 48.4 Å². The maximum Gasteiger partial charge on any atom is 0.346 e. The van der Waals surface area contributed by atoms with Crippen LogP contribution < -0.4 is 0 Å². The molecule has 0 atom stereocenters. The molecule has 0 bridgehead atoms. The molecule has 0 fully saturated rings. The second kappa shape index (κ2) is 6.88. The van der Waals surface area contributed by atoms with E-state index >= 15 is 0 Å². The third-order valence-corrected chi connectivity index (χ3v) is 6.43. The fraction of sp³-hybridized carbons (Fsp3) is 0.556. The molecule has 0 amide bonds. The van der Waals surface area contributed by atoms with E-state index in [1.807, 2.05) is 39.0 Å². The molecule has 0 saturated heterocycles. The van der Waals surface area contributed by atoms with Gasteiger partial charge in [-0.15, -0.1) is 11.3 Å². The Morgan fingerprint density at radius 3 is 2.71 bits per heavy atom. The van der Waals surface area contributed by atoms with Gasteiger partial charge in [-0.25, -0.2) is 9.78 Å². The van der Waals surface area contributed by atoms with Gasteiger partial charge in [0, 0.05) is 19.5 Å². The average Bonchev–Trinajstić information content (AvgIpc) is 2.86. The Kier molecular flexibility index (Phi) is 5.18. The molecule has 130 valence electrons. The van der Waals surface area contributed by atoms with Crippen molar-refractivity contribution in [2.75, 3.05) is 0 Å². The molecule has 6 heteroatoms. The number of pyridine rings is 1. The van der Waals surface area contributed by atoms with Gasteiger partial charge < -0.3 is 0 Å². The van der Waals surface area contributed by atoms with Crippen LogP contribution in [0.4, 0.5) is 0 Å². The third kappa shape index (κ3) is 3.75. The highest BCUT2D eigenvalue weighted by molar-refractivity contribution is 14.1. The maximum absolute atomic E-state index is 12.2. The van der Waals surface area contributed by atoms with Gasteiger partial charge >= 0.3 is 5.97 Å². The predicted molar refractivity (Wildman–Crippen MR) is 104 cm³/mol. The van der Waals surface area contributed by atoms with Gasteiger partial charge in [0.05, 0.1) is 6.42 Å². The fourth-order valence-corrected chi connectivity index (χ4v) is 5.60. The molecule has 4 nitrogen and oxygen atoms in total. The summed E-state index contributed by atoms with van der Waals surface area (Å²) < 4.78 is 1.14. The van der Waals surface area contributed by atoms with Crippen molar-refractivity contribution in [3.63, 3.8) is 0 Å². The number of aryl methyl sites for hydroxylation is 3. The molecule has 1 aliphatic carbocycles. The van der Waals surface area contributed by atoms with Gasteiger partial charge in [0.25, 0.3) is 0 Å². The highest BCUT2D eigenvalue weighted by Gasteiger charge is 2.23. The number of aromatic nitrogens is 1. The van der Waals surface area contributed by atoms with Gasteiger partial charge in [-0.1, -0.05) is 0 Å². The molecular weight excluding hydrogens is 437 g/mol. The van der Waals surface area contributed by atoms with Gasteiger partial charge in [-0.2, -0.15) is 4.89 Å². The third-order valence-electron chi connectivity index (χ3n) is 4.05. The first-order chi connectivity index (χ1) is 11.3. The molecule has 2 heterocycles. The van der Waals surface area contributed by atoms with Crippen molar-refractivity contribution in [2.24, 2.45) is 0 Å². The van der Waals surface area contributed by atoms with Crippen LogP contribution in [0.3, 0.4) is 0 Å². The summed E-state index contributed by atoms with van der Waals surface area (Å²) in [5, 5.41) is 1.25. The van der Waals surface area contributed by atoms with Crippen LogP contribution in [0, 0.1) is 10.5 Å². The van der Waals surface area contributed by atoms with E-state index in [9.17, 15) is 4.79 Å². The summed E-state index contributed by atoms with van der Waals surface area (Å²) in [7, 11) is 0. The first kappa shape index (κ1) is 18.1. The fourth-order valence-electron chi connectivity index (χ4n) is 2.94. The quantitative estimate of drug-likeness (QED) is 0.372. The van der Waals surface area contributed by atoms with E-state index in [4.69, 9.17) is 14.8 Å². The Morgan fingerprint density at radius 2 is 2.00 bits per heavy atom. The zero-order valence-corrected chi connectivity index (χ0v) is 17.5. The first-order valence-corrected chi connectivity index (χ1v) is 10.1. The Morgan fingerprint density at radius 1 is 1.29 bits per heavy atom. The molecule has 0 N–H and O–H groups in total. The number of rotatable bonds is 3. The molecule has 0 radical (unpaired) electrons. The minimum Gasteiger partial charge on any atom is -0.297 e. The lowest BCUT2D eigenvalue weighted by Crippen LogP contribution is -2.23. The summed E-state index contributed by atoms with van der Waals surface area (Å²) in [5.74, 6) is -0.379. The second-order valence-corrected chi connectivity index (χ2v) is 9.37. The van der Waals surface area contributed by atoms with Crippen molar-refractivity contribution in [3.8, 4) is 0 Å². The van der Waals surface area contributed by atoms with Gasteiger partial charge in [0.15, 0.2) is 0 Å². The average molecular weight is 459 g/mol. The lowest BCUT2D eigenvalue weighted by molar-refractivity contribution is -0.320. The first-order valence-electron chi connectivity index (χ1n) is 8.24. The zero-order valence-electron chi connectivity index (χ0n) is 14.5. The summed E-state index contributed by atoms with van der Waals surface area (Å²) in [5.41, 5.74) is 2.79. The SMILES string of the molecule is Cc1nc2sc3c(c2c(I)c1CC(=O)OOC(C)(C)C)CCCC3. The number of hydrogen-bond acceptors (Lipinski definition) is 5. The highest BCUT2D eigenvalue weighted by atomic mass is 127. The molecule has 0 unspecified atom stereocenters. The lowest BCUT2D eigenvalue weighted by Gasteiger charge is -2.17. The van der Waals surface area contributed by atoms with Gasteiger partial charge in [-0.3, -0.25) is 4.89 Å². The van der Waals surface area contributed by atoms with Crippen LogP contribution in [0.25, 0.3) is 10.2 Å². The van der Waals surface area contributed by atoms with Crippen molar-refractivity contribution in [2.45, 2.75) is 65.4 Å². The van der Waals surface area contributed by atoms with Crippen molar-refractivity contribution < 1.29 is 14.6 Å². The van der Waals surface area contributed by atoms with Crippen LogP contribution in [0.2, 0.25) is 0 Å². The molecule has 0 spiro atoms. The van der Waals surface area contributed by atoms with Gasteiger partial charge in [-0.05, 0) is 87.1 Å². The Balaban J connectivity index is 1.92. The Bertz CT molecular complexity index is 792. The smallest absolute Gasteiger partial charge is 0.297 e. The van der Waals surface area contributed by atoms with Crippen LogP contribution in [0.5, 0.6) is 0 Å². The van der Waals surface area contributed by atoms with E-state index in [2.05, 4.69) is 22.6 Å². The van der Waals surface area contributed by atoms with E-state index in [0.29, 0.717) is 0 Å². The van der Waals surface area contributed by atoms with Crippen LogP contribution in [0.1, 0.15) is 55.3 Å². The summed E-state index contributed by atoms with van der Waals surface area (Å²) in [6.07, 6.45) is 4.96. The Hall–Kier alpha value is -0.730. The lowest BCUT2D eigenvalue weighted by atomic mass is 9.96. The van der Waals surface area contributed by atoms with Gasteiger partial charge in [0.1, 0.15) is 10.4 Å². The molecule has 0 aliphatic heterocycles. The minimum atomic E-state index is -0.507. The molecule has 1 aliphatic rings. The van der Waals surface area contributed by atoms with Crippen LogP contribution in [0.15, 0.2) is 0 Å². The maximum atomic E-state index is 12.2. The highest BCUT2D eigenvalue weighted by Crippen LogP contribution is 2.39. The van der Waals surface area contributed by atoms with Crippen LogP contribution in [-0.2, 0) is 33.8 Å². The number of thiophene rings is 1. The molecule has 2 aromatic rings. The van der Waals surface area contributed by atoms with Crippen molar-refractivity contribution in [1.29, 1.82) is 0 Å². The summed E-state index contributed by atoms with van der Waals surface area (Å²) in [4.78, 5) is 29.6. The predicted octanol–water partition coefficient (Wildman–Crippen LogP) is 4.90. The van der Waals surface area contributed by atoms with E-state index in [1.165, 1.54) is 28.7 Å². The summed E-state index contributed by atoms with van der Waals surface area (Å²) in [6.45, 7) is 7.51. The van der Waals surface area contributed by atoms with Crippen LogP contribution in [-0.4, -0.2) is 16.6 Å². The molecule has 2 aromatic heterocycles. The van der Waals surface area contributed by atoms with E-state index in [0.717, 1.165) is 32.5 Å². The number of halogens is 1. The van der Waals surface area contributed by atoms with E-state index in [-0.39, 0.29) is 12.4 Å². The number of carbonyl (C=O) groups excluding carboxylic acids is 1. The largest absolute Gasteiger partial charge is 0.346 e. The number of fused-ring (bicyclic) bond motifs is 3. The number of carbonyl (C=O) groups is 1. The van der Waals surface area contributed by atoms with E-state index < -0.39 is 5.60 Å². The normalized spacial score (nSPS) is 14.7. The van der Waals surface area contributed by atoms with Crippen molar-refractivity contribution in [3.05, 3.63) is 25.3 Å². The summed E-state index contributed by atoms with van der Waals surface area (Å²) >= 11 is 4.18. The standard InChI is InChI=1S/C18H22INO3S/c1-10-12(9-14(21)22-23-18(2,3)4)16(19)15-11-7-5-6-8-13(11)24-17(15)20-10/h5-9H2,1-4H3. The number of hydrogen-bond donors (Lipinski definition) is 0. The van der Waals surface area contributed by atoms with E-state index in [1.54, 1.807) is 0 Å². The second-order valence-electron chi connectivity index (χ2n) is 7.21. The molecule has 24 heavy (non-hydrogen) atoms. The number of nitrogens with zero attached hydrogens (tertiary/aromatic N) is 1. The minimum absolute atomic E-state index is 0.188. The Labute approximate surface area is 160 Å². The van der Waals surface area contributed by atoms with Gasteiger partial charge in [0.2, 0.25) is 0 Å². The molecule has 0 saturated carbocycles. The van der Waals surface area contributed by atoms with Crippen LogP contribution >= 0.6 is 33.9 Å². The zero-order chi connectivity index (χ0) is 17.5. The van der Waals surface area contributed by atoms with Crippen molar-refractivity contribution >= 4 is 50.1 Å². The molecule has 3 rings (SSSR count). The molecular formula is C18H22INO3S. The van der Waals surface area contributed by atoms with Crippen molar-refractivity contribution in [1.82, 2.24) is 4.98 Å². The monoisotopic (exact) mass is 459 g/mol. The molecule has 0 aromatic carbocycles. The summed E-state index contributed by atoms with van der Waals surface area (Å²) in [6, 6.07) is 0.